The first-order valence-electron chi connectivity index (χ1n) is 14.9. The summed E-state index contributed by atoms with van der Waals surface area (Å²) in [6.45, 7) is 0. The van der Waals surface area contributed by atoms with E-state index in [0.717, 1.165) is 66.7 Å². The molecule has 3 aromatic heterocycles. The Balaban J connectivity index is 1.30. The molecule has 0 aliphatic heterocycles. The topological polar surface area (TPSA) is 31.0 Å². The van der Waals surface area contributed by atoms with Crippen LogP contribution in [0.3, 0.4) is 0 Å². The minimum atomic E-state index is 0.879. The Morgan fingerprint density at radius 1 is 0.386 bits per heavy atom. The Kier molecular flexibility index (Phi) is 5.50. The van der Waals surface area contributed by atoms with Gasteiger partial charge in [0, 0.05) is 27.1 Å². The highest BCUT2D eigenvalue weighted by atomic mass is 16.3. The number of pyridine rings is 1. The first-order valence-corrected chi connectivity index (χ1v) is 14.9. The molecule has 0 unspecified atom stereocenters. The van der Waals surface area contributed by atoms with Gasteiger partial charge in [-0.1, -0.05) is 109 Å². The first kappa shape index (κ1) is 24.6. The molecule has 3 nitrogen and oxygen atoms in total. The summed E-state index contributed by atoms with van der Waals surface area (Å²) in [5.74, 6) is 0.879. The molecule has 9 rings (SSSR count). The molecule has 9 aromatic rings. The van der Waals surface area contributed by atoms with Gasteiger partial charge in [-0.15, -0.1) is 0 Å². The molecular weight excluding hydrogens is 536 g/mol. The molecule has 0 saturated carbocycles. The van der Waals surface area contributed by atoms with Crippen molar-refractivity contribution in [2.24, 2.45) is 0 Å². The summed E-state index contributed by atoms with van der Waals surface area (Å²) in [6.07, 6.45) is 0. The number of fused-ring (bicyclic) bond motifs is 6. The third kappa shape index (κ3) is 3.94. The van der Waals surface area contributed by atoms with Gasteiger partial charge in [0.25, 0.3) is 0 Å². The lowest BCUT2D eigenvalue weighted by molar-refractivity contribution is 0.669. The van der Waals surface area contributed by atoms with E-state index >= 15 is 0 Å². The van der Waals surface area contributed by atoms with Crippen LogP contribution in [0.1, 0.15) is 0 Å². The number of hydrogen-bond donors (Lipinski definition) is 0. The third-order valence-corrected chi connectivity index (χ3v) is 8.60. The molecular formula is C41H26N2O. The van der Waals surface area contributed by atoms with Gasteiger partial charge in [-0.2, -0.15) is 0 Å². The van der Waals surface area contributed by atoms with Crippen LogP contribution in [0.25, 0.3) is 83.1 Å². The van der Waals surface area contributed by atoms with Gasteiger partial charge in [0.05, 0.1) is 16.7 Å². The van der Waals surface area contributed by atoms with Gasteiger partial charge in [-0.25, -0.2) is 4.98 Å². The molecule has 44 heavy (non-hydrogen) atoms. The molecule has 0 atom stereocenters. The van der Waals surface area contributed by atoms with Crippen LogP contribution in [0.15, 0.2) is 162 Å². The summed E-state index contributed by atoms with van der Waals surface area (Å²) in [4.78, 5) is 5.34. The average molecular weight is 563 g/mol. The summed E-state index contributed by atoms with van der Waals surface area (Å²) >= 11 is 0. The Bertz CT molecular complexity index is 2450. The Morgan fingerprint density at radius 2 is 1.00 bits per heavy atom. The van der Waals surface area contributed by atoms with E-state index in [1.165, 1.54) is 16.3 Å². The Hall–Kier alpha value is -5.93. The van der Waals surface area contributed by atoms with E-state index in [1.807, 2.05) is 12.1 Å². The monoisotopic (exact) mass is 562 g/mol. The molecule has 0 spiro atoms. The molecule has 3 heteroatoms. The van der Waals surface area contributed by atoms with Gasteiger partial charge >= 0.3 is 0 Å². The number of rotatable bonds is 4. The molecule has 6 aromatic carbocycles. The van der Waals surface area contributed by atoms with Crippen LogP contribution in [0.2, 0.25) is 0 Å². The number of furan rings is 1. The van der Waals surface area contributed by atoms with Crippen molar-refractivity contribution in [1.82, 2.24) is 9.55 Å². The van der Waals surface area contributed by atoms with E-state index in [9.17, 15) is 0 Å². The summed E-state index contributed by atoms with van der Waals surface area (Å²) in [6, 6.07) is 55.5. The van der Waals surface area contributed by atoms with E-state index < -0.39 is 0 Å². The molecule has 0 bridgehead atoms. The SMILES string of the molecule is c1ccc(-c2cccc(-c3cc(-c4ccc5c(c4)oc4ccccc45)cc(-n4c5ccccc5c5ccccc54)n3)c2)cc1. The summed E-state index contributed by atoms with van der Waals surface area (Å²) in [5, 5.41) is 4.68. The summed E-state index contributed by atoms with van der Waals surface area (Å²) < 4.78 is 8.58. The lowest BCUT2D eigenvalue weighted by Crippen LogP contribution is -2.00. The van der Waals surface area contributed by atoms with Crippen molar-refractivity contribution in [3.05, 3.63) is 158 Å². The highest BCUT2D eigenvalue weighted by molar-refractivity contribution is 6.09. The highest BCUT2D eigenvalue weighted by Crippen LogP contribution is 2.37. The fourth-order valence-corrected chi connectivity index (χ4v) is 6.51. The predicted octanol–water partition coefficient (Wildman–Crippen LogP) is 11.1. The van der Waals surface area contributed by atoms with Crippen LogP contribution < -0.4 is 0 Å². The molecule has 3 heterocycles. The van der Waals surface area contributed by atoms with Crippen LogP contribution in [-0.4, -0.2) is 9.55 Å². The van der Waals surface area contributed by atoms with Crippen molar-refractivity contribution >= 4 is 43.7 Å². The fraction of sp³-hybridized carbons (Fsp3) is 0. The van der Waals surface area contributed by atoms with Crippen LogP contribution in [0, 0.1) is 0 Å². The van der Waals surface area contributed by atoms with Gasteiger partial charge in [0.2, 0.25) is 0 Å². The van der Waals surface area contributed by atoms with Crippen molar-refractivity contribution in [2.75, 3.05) is 0 Å². The maximum absolute atomic E-state index is 6.29. The normalized spacial score (nSPS) is 11.6. The molecule has 0 aliphatic carbocycles. The molecule has 0 saturated heterocycles. The average Bonchev–Trinajstić information content (AvgIpc) is 3.64. The summed E-state index contributed by atoms with van der Waals surface area (Å²) in [7, 11) is 0. The second kappa shape index (κ2) is 9.82. The zero-order valence-corrected chi connectivity index (χ0v) is 23.8. The molecule has 0 aliphatic rings. The van der Waals surface area contributed by atoms with Crippen molar-refractivity contribution in [1.29, 1.82) is 0 Å². The molecule has 0 amide bonds. The van der Waals surface area contributed by atoms with Gasteiger partial charge in [-0.3, -0.25) is 4.57 Å². The number of para-hydroxylation sites is 3. The van der Waals surface area contributed by atoms with E-state index in [1.54, 1.807) is 0 Å². The maximum atomic E-state index is 6.29. The second-order valence-electron chi connectivity index (χ2n) is 11.2. The van der Waals surface area contributed by atoms with Gasteiger partial charge < -0.3 is 4.42 Å². The minimum Gasteiger partial charge on any atom is -0.456 e. The number of nitrogens with zero attached hydrogens (tertiary/aromatic N) is 2. The maximum Gasteiger partial charge on any atom is 0.138 e. The molecule has 0 N–H and O–H groups in total. The van der Waals surface area contributed by atoms with E-state index in [4.69, 9.17) is 9.40 Å². The fourth-order valence-electron chi connectivity index (χ4n) is 6.51. The van der Waals surface area contributed by atoms with E-state index in [2.05, 4.69) is 150 Å². The van der Waals surface area contributed by atoms with Gasteiger partial charge in [0.1, 0.15) is 17.0 Å². The first-order chi connectivity index (χ1) is 21.8. The highest BCUT2D eigenvalue weighted by Gasteiger charge is 2.16. The molecule has 0 fully saturated rings. The lowest BCUT2D eigenvalue weighted by atomic mass is 9.99. The van der Waals surface area contributed by atoms with Crippen molar-refractivity contribution < 1.29 is 4.42 Å². The third-order valence-electron chi connectivity index (χ3n) is 8.60. The summed E-state index contributed by atoms with van der Waals surface area (Å²) in [5.41, 5.74) is 10.6. The van der Waals surface area contributed by atoms with Gasteiger partial charge in [-0.05, 0) is 70.8 Å². The standard InChI is InChI=1S/C41H26N2O/c1-2-11-27(12-3-1)28-13-10-14-30(23-28)36-24-31(29-21-22-35-34-17-6-9-20-39(34)44-40(35)25-29)26-41(42-36)43-37-18-7-4-15-32(37)33-16-5-8-19-38(33)43/h1-26H. The predicted molar refractivity (Wildman–Crippen MR) is 182 cm³/mol. The number of hydrogen-bond acceptors (Lipinski definition) is 2. The Morgan fingerprint density at radius 3 is 1.80 bits per heavy atom. The molecule has 0 radical (unpaired) electrons. The largest absolute Gasteiger partial charge is 0.456 e. The number of aromatic nitrogens is 2. The van der Waals surface area contributed by atoms with E-state index in [0.29, 0.717) is 0 Å². The van der Waals surface area contributed by atoms with E-state index in [-0.39, 0.29) is 0 Å². The molecule has 206 valence electrons. The van der Waals surface area contributed by atoms with Crippen LogP contribution in [-0.2, 0) is 0 Å². The van der Waals surface area contributed by atoms with Crippen molar-refractivity contribution in [3.63, 3.8) is 0 Å². The Labute approximate surface area is 254 Å². The number of benzene rings is 6. The van der Waals surface area contributed by atoms with Gasteiger partial charge in [0.15, 0.2) is 0 Å². The van der Waals surface area contributed by atoms with Crippen LogP contribution >= 0.6 is 0 Å². The zero-order chi connectivity index (χ0) is 29.0. The van der Waals surface area contributed by atoms with Crippen molar-refractivity contribution in [3.8, 4) is 39.3 Å². The smallest absolute Gasteiger partial charge is 0.138 e. The quantitative estimate of drug-likeness (QED) is 0.214. The second-order valence-corrected chi connectivity index (χ2v) is 11.2. The lowest BCUT2D eigenvalue weighted by Gasteiger charge is -2.13. The van der Waals surface area contributed by atoms with Crippen LogP contribution in [0.4, 0.5) is 0 Å². The minimum absolute atomic E-state index is 0.879. The van der Waals surface area contributed by atoms with Crippen molar-refractivity contribution in [2.45, 2.75) is 0 Å². The van der Waals surface area contributed by atoms with Crippen LogP contribution in [0.5, 0.6) is 0 Å². The zero-order valence-electron chi connectivity index (χ0n) is 23.8.